The molecule has 2 N–H and O–H groups in total. The van der Waals surface area contributed by atoms with E-state index < -0.39 is 12.1 Å². The van der Waals surface area contributed by atoms with Crippen LogP contribution in [0.2, 0.25) is 0 Å². The van der Waals surface area contributed by atoms with Crippen molar-refractivity contribution in [2.75, 3.05) is 31.1 Å². The Morgan fingerprint density at radius 1 is 1.17 bits per heavy atom. The largest absolute Gasteiger partial charge is 0.478 e. The predicted molar refractivity (Wildman–Crippen MR) is 91.1 cm³/mol. The van der Waals surface area contributed by atoms with Gasteiger partial charge in [-0.3, -0.25) is 9.88 Å². The lowest BCUT2D eigenvalue weighted by molar-refractivity contribution is 0.0696. The van der Waals surface area contributed by atoms with E-state index in [2.05, 4.69) is 14.8 Å². The van der Waals surface area contributed by atoms with Crippen molar-refractivity contribution in [3.05, 3.63) is 59.9 Å². The molecule has 1 unspecified atom stereocenters. The first kappa shape index (κ1) is 16.4. The molecule has 3 rings (SSSR count). The molecule has 0 bridgehead atoms. The van der Waals surface area contributed by atoms with Crippen LogP contribution in [-0.2, 0) is 6.54 Å². The fourth-order valence-corrected chi connectivity index (χ4v) is 3.05. The zero-order chi connectivity index (χ0) is 16.9. The number of nitrogens with zero attached hydrogens (tertiary/aromatic N) is 3. The lowest BCUT2D eigenvalue weighted by atomic mass is 10.1. The van der Waals surface area contributed by atoms with Crippen molar-refractivity contribution in [1.29, 1.82) is 0 Å². The van der Waals surface area contributed by atoms with E-state index in [-0.39, 0.29) is 0 Å². The average molecular weight is 327 g/mol. The third-order valence-corrected chi connectivity index (χ3v) is 4.19. The molecule has 24 heavy (non-hydrogen) atoms. The number of hydrogen-bond donors (Lipinski definition) is 2. The first-order chi connectivity index (χ1) is 11.6. The van der Waals surface area contributed by atoms with Crippen LogP contribution in [0.4, 0.5) is 5.69 Å². The smallest absolute Gasteiger partial charge is 0.335 e. The van der Waals surface area contributed by atoms with Gasteiger partial charge in [0.05, 0.1) is 11.7 Å². The molecule has 1 aliphatic heterocycles. The minimum atomic E-state index is -0.920. The van der Waals surface area contributed by atoms with Crippen LogP contribution in [0.5, 0.6) is 0 Å². The molecule has 1 aromatic carbocycles. The van der Waals surface area contributed by atoms with Crippen LogP contribution in [0.3, 0.4) is 0 Å². The number of carboxylic acid groups (broad SMARTS) is 1. The maximum Gasteiger partial charge on any atom is 0.335 e. The number of benzene rings is 1. The molecule has 0 aliphatic carbocycles. The highest BCUT2D eigenvalue weighted by Gasteiger charge is 2.21. The first-order valence-corrected chi connectivity index (χ1v) is 7.99. The normalized spacial score (nSPS) is 19.0. The Kier molecular flexibility index (Phi) is 5.08. The molecule has 126 valence electrons. The number of aliphatic hydroxyl groups excluding tert-OH is 1. The highest BCUT2D eigenvalue weighted by atomic mass is 16.4. The molecule has 1 atom stereocenters. The summed E-state index contributed by atoms with van der Waals surface area (Å²) in [6.45, 7) is 3.38. The number of aromatic carboxylic acids is 1. The fourth-order valence-electron chi connectivity index (χ4n) is 3.05. The Balaban J connectivity index is 1.68. The second kappa shape index (κ2) is 7.42. The van der Waals surface area contributed by atoms with Crippen molar-refractivity contribution in [2.24, 2.45) is 0 Å². The molecule has 0 spiro atoms. The molecule has 0 saturated carbocycles. The quantitative estimate of drug-likeness (QED) is 0.885. The minimum absolute atomic E-state index is 0.293. The summed E-state index contributed by atoms with van der Waals surface area (Å²) in [7, 11) is 0. The number of rotatable bonds is 4. The van der Waals surface area contributed by atoms with E-state index in [1.165, 1.54) is 0 Å². The average Bonchev–Trinajstić information content (AvgIpc) is 2.77. The van der Waals surface area contributed by atoms with Gasteiger partial charge in [0.1, 0.15) is 0 Å². The number of aliphatic hydroxyl groups is 1. The Bertz CT molecular complexity index is 693. The second-order valence-electron chi connectivity index (χ2n) is 6.05. The summed E-state index contributed by atoms with van der Waals surface area (Å²) in [5, 5.41) is 19.4. The van der Waals surface area contributed by atoms with E-state index in [1.54, 1.807) is 30.6 Å². The summed E-state index contributed by atoms with van der Waals surface area (Å²) in [6, 6.07) is 10.9. The predicted octanol–water partition coefficient (Wildman–Crippen LogP) is 1.46. The number of hydrogen-bond acceptors (Lipinski definition) is 5. The van der Waals surface area contributed by atoms with E-state index in [0.717, 1.165) is 24.3 Å². The Labute approximate surface area is 141 Å². The van der Waals surface area contributed by atoms with Crippen molar-refractivity contribution >= 4 is 11.7 Å². The summed E-state index contributed by atoms with van der Waals surface area (Å²) in [6.07, 6.45) is 3.05. The Hall–Kier alpha value is -2.44. The van der Waals surface area contributed by atoms with Crippen molar-refractivity contribution in [3.8, 4) is 0 Å². The van der Waals surface area contributed by atoms with E-state index >= 15 is 0 Å². The zero-order valence-corrected chi connectivity index (χ0v) is 13.4. The van der Waals surface area contributed by atoms with E-state index in [4.69, 9.17) is 5.11 Å². The van der Waals surface area contributed by atoms with Gasteiger partial charge < -0.3 is 15.1 Å². The van der Waals surface area contributed by atoms with E-state index in [1.807, 2.05) is 18.2 Å². The van der Waals surface area contributed by atoms with Crippen LogP contribution in [0.25, 0.3) is 0 Å². The fraction of sp³-hybridized carbons (Fsp3) is 0.333. The zero-order valence-electron chi connectivity index (χ0n) is 13.4. The number of anilines is 1. The molecule has 1 fully saturated rings. The van der Waals surface area contributed by atoms with Crippen LogP contribution < -0.4 is 4.90 Å². The summed E-state index contributed by atoms with van der Waals surface area (Å²) in [5.74, 6) is -0.920. The number of carbonyl (C=O) groups is 1. The molecule has 6 nitrogen and oxygen atoms in total. The van der Waals surface area contributed by atoms with Crippen LogP contribution in [0, 0.1) is 0 Å². The SMILES string of the molecule is O=C(O)c1cccc(CN2CCN(c3ccncc3)CC(O)C2)c1. The van der Waals surface area contributed by atoms with Crippen LogP contribution >= 0.6 is 0 Å². The van der Waals surface area contributed by atoms with E-state index in [0.29, 0.717) is 25.2 Å². The molecule has 1 aromatic heterocycles. The Morgan fingerprint density at radius 3 is 2.71 bits per heavy atom. The molecular formula is C18H21N3O3. The molecule has 0 radical (unpaired) electrons. The molecular weight excluding hydrogens is 306 g/mol. The van der Waals surface area contributed by atoms with Crippen molar-refractivity contribution < 1.29 is 15.0 Å². The summed E-state index contributed by atoms with van der Waals surface area (Å²) in [5.41, 5.74) is 2.29. The molecule has 2 heterocycles. The number of β-amino-alcohol motifs (C(OH)–C–C–N with tert-alkyl or cyclic N) is 1. The number of carboxylic acids is 1. The molecule has 1 saturated heterocycles. The number of aromatic nitrogens is 1. The van der Waals surface area contributed by atoms with Crippen LogP contribution in [-0.4, -0.2) is 58.3 Å². The van der Waals surface area contributed by atoms with Crippen LogP contribution in [0.1, 0.15) is 15.9 Å². The molecule has 2 aromatic rings. The van der Waals surface area contributed by atoms with Gasteiger partial charge in [0.25, 0.3) is 0 Å². The third kappa shape index (κ3) is 4.10. The van der Waals surface area contributed by atoms with Gasteiger partial charge in [0.2, 0.25) is 0 Å². The van der Waals surface area contributed by atoms with Gasteiger partial charge in [0, 0.05) is 50.8 Å². The maximum absolute atomic E-state index is 11.1. The second-order valence-corrected chi connectivity index (χ2v) is 6.05. The monoisotopic (exact) mass is 327 g/mol. The third-order valence-electron chi connectivity index (χ3n) is 4.19. The molecule has 6 heteroatoms. The lowest BCUT2D eigenvalue weighted by Gasteiger charge is -2.23. The van der Waals surface area contributed by atoms with Gasteiger partial charge in [0.15, 0.2) is 0 Å². The standard InChI is InChI=1S/C18H21N3O3/c22-17-12-20(11-14-2-1-3-15(10-14)18(23)24)8-9-21(13-17)16-4-6-19-7-5-16/h1-7,10,17,22H,8-9,11-13H2,(H,23,24). The summed E-state index contributed by atoms with van der Waals surface area (Å²) >= 11 is 0. The number of pyridine rings is 1. The van der Waals surface area contributed by atoms with Gasteiger partial charge in [-0.05, 0) is 29.8 Å². The van der Waals surface area contributed by atoms with Crippen LogP contribution in [0.15, 0.2) is 48.8 Å². The summed E-state index contributed by atoms with van der Waals surface area (Å²) in [4.78, 5) is 19.4. The topological polar surface area (TPSA) is 76.9 Å². The highest BCUT2D eigenvalue weighted by molar-refractivity contribution is 5.87. The van der Waals surface area contributed by atoms with E-state index in [9.17, 15) is 9.90 Å². The summed E-state index contributed by atoms with van der Waals surface area (Å²) < 4.78 is 0. The van der Waals surface area contributed by atoms with Gasteiger partial charge in [-0.25, -0.2) is 4.79 Å². The van der Waals surface area contributed by atoms with Gasteiger partial charge in [-0.2, -0.15) is 0 Å². The minimum Gasteiger partial charge on any atom is -0.478 e. The first-order valence-electron chi connectivity index (χ1n) is 7.99. The van der Waals surface area contributed by atoms with Gasteiger partial charge >= 0.3 is 5.97 Å². The highest BCUT2D eigenvalue weighted by Crippen LogP contribution is 2.17. The van der Waals surface area contributed by atoms with Gasteiger partial charge in [-0.1, -0.05) is 12.1 Å². The van der Waals surface area contributed by atoms with Crippen molar-refractivity contribution in [3.63, 3.8) is 0 Å². The molecule has 1 aliphatic rings. The Morgan fingerprint density at radius 2 is 1.96 bits per heavy atom. The van der Waals surface area contributed by atoms with Crippen molar-refractivity contribution in [2.45, 2.75) is 12.6 Å². The maximum atomic E-state index is 11.1. The lowest BCUT2D eigenvalue weighted by Crippen LogP contribution is -2.33. The van der Waals surface area contributed by atoms with Gasteiger partial charge in [-0.15, -0.1) is 0 Å². The molecule has 0 amide bonds. The van der Waals surface area contributed by atoms with Crippen molar-refractivity contribution in [1.82, 2.24) is 9.88 Å².